The molecule has 2 rings (SSSR count). The minimum Gasteiger partial charge on any atom is -0.354 e. The molecule has 0 saturated carbocycles. The zero-order valence-corrected chi connectivity index (χ0v) is 7.38. The first kappa shape index (κ1) is 8.34. The molecule has 0 aromatic carbocycles. The second kappa shape index (κ2) is 3.24. The Bertz CT molecular complexity index is 232. The lowest BCUT2D eigenvalue weighted by molar-refractivity contribution is -0.123. The van der Waals surface area contributed by atoms with Crippen LogP contribution in [-0.2, 0) is 4.79 Å². The standard InChI is InChI=1S/C8H13N3O2/c12-7-2-1-6(5-10-7)11-4-3-9-8(11)13/h6H,1-5H2,(H,9,13)(H,10,12). The van der Waals surface area contributed by atoms with Gasteiger partial charge in [-0.05, 0) is 6.42 Å². The SMILES string of the molecule is O=C1CCC(N2CCNC2=O)CN1. The van der Waals surface area contributed by atoms with Crippen LogP contribution < -0.4 is 10.6 Å². The molecule has 0 aromatic rings. The molecular formula is C8H13N3O2. The Kier molecular flexibility index (Phi) is 2.08. The predicted molar refractivity (Wildman–Crippen MR) is 46.1 cm³/mol. The van der Waals surface area contributed by atoms with Crippen LogP contribution >= 0.6 is 0 Å². The summed E-state index contributed by atoms with van der Waals surface area (Å²) in [5.41, 5.74) is 0. The van der Waals surface area contributed by atoms with Crippen molar-refractivity contribution < 1.29 is 9.59 Å². The number of hydrogen-bond acceptors (Lipinski definition) is 2. The Labute approximate surface area is 76.5 Å². The van der Waals surface area contributed by atoms with E-state index in [4.69, 9.17) is 0 Å². The fourth-order valence-electron chi connectivity index (χ4n) is 1.82. The quantitative estimate of drug-likeness (QED) is 0.564. The lowest BCUT2D eigenvalue weighted by Crippen LogP contribution is -2.49. The van der Waals surface area contributed by atoms with Crippen molar-refractivity contribution in [3.8, 4) is 0 Å². The predicted octanol–water partition coefficient (Wildman–Crippen LogP) is -0.710. The van der Waals surface area contributed by atoms with Crippen LogP contribution in [0.15, 0.2) is 0 Å². The fourth-order valence-corrected chi connectivity index (χ4v) is 1.82. The third-order valence-corrected chi connectivity index (χ3v) is 2.57. The van der Waals surface area contributed by atoms with Crippen molar-refractivity contribution in [1.29, 1.82) is 0 Å². The van der Waals surface area contributed by atoms with Gasteiger partial charge in [0.05, 0.1) is 6.04 Å². The van der Waals surface area contributed by atoms with Crippen LogP contribution in [0.25, 0.3) is 0 Å². The van der Waals surface area contributed by atoms with E-state index in [1.54, 1.807) is 4.90 Å². The molecule has 5 heteroatoms. The largest absolute Gasteiger partial charge is 0.354 e. The molecule has 0 bridgehead atoms. The number of urea groups is 1. The Morgan fingerprint density at radius 3 is 2.69 bits per heavy atom. The molecule has 2 aliphatic rings. The molecule has 0 radical (unpaired) electrons. The first-order chi connectivity index (χ1) is 6.27. The van der Waals surface area contributed by atoms with Gasteiger partial charge in [0, 0.05) is 26.1 Å². The molecular weight excluding hydrogens is 170 g/mol. The molecule has 13 heavy (non-hydrogen) atoms. The lowest BCUT2D eigenvalue weighted by atomic mass is 10.1. The second-order valence-corrected chi connectivity index (χ2v) is 3.42. The molecule has 5 nitrogen and oxygen atoms in total. The monoisotopic (exact) mass is 183 g/mol. The van der Waals surface area contributed by atoms with Gasteiger partial charge in [0.25, 0.3) is 0 Å². The number of rotatable bonds is 1. The Morgan fingerprint density at radius 1 is 1.31 bits per heavy atom. The van der Waals surface area contributed by atoms with Crippen molar-refractivity contribution in [3.05, 3.63) is 0 Å². The normalized spacial score (nSPS) is 28.6. The average Bonchev–Trinajstić information content (AvgIpc) is 2.53. The van der Waals surface area contributed by atoms with Crippen molar-refractivity contribution >= 4 is 11.9 Å². The summed E-state index contributed by atoms with van der Waals surface area (Å²) in [6.45, 7) is 2.09. The van der Waals surface area contributed by atoms with Crippen LogP contribution in [0.5, 0.6) is 0 Å². The molecule has 0 aliphatic carbocycles. The van der Waals surface area contributed by atoms with Crippen LogP contribution in [0.1, 0.15) is 12.8 Å². The maximum absolute atomic E-state index is 11.3. The first-order valence-electron chi connectivity index (χ1n) is 4.58. The van der Waals surface area contributed by atoms with Crippen LogP contribution in [0.2, 0.25) is 0 Å². The van der Waals surface area contributed by atoms with Gasteiger partial charge in [-0.1, -0.05) is 0 Å². The van der Waals surface area contributed by atoms with Gasteiger partial charge in [-0.2, -0.15) is 0 Å². The summed E-state index contributed by atoms with van der Waals surface area (Å²) in [4.78, 5) is 23.9. The van der Waals surface area contributed by atoms with Gasteiger partial charge in [0.2, 0.25) is 5.91 Å². The summed E-state index contributed by atoms with van der Waals surface area (Å²) in [6.07, 6.45) is 1.33. The molecule has 2 saturated heterocycles. The molecule has 1 unspecified atom stereocenters. The summed E-state index contributed by atoms with van der Waals surface area (Å²) < 4.78 is 0. The third-order valence-electron chi connectivity index (χ3n) is 2.57. The van der Waals surface area contributed by atoms with Gasteiger partial charge in [0.15, 0.2) is 0 Å². The summed E-state index contributed by atoms with van der Waals surface area (Å²) in [5, 5.41) is 5.52. The van der Waals surface area contributed by atoms with Gasteiger partial charge in [-0.25, -0.2) is 4.79 Å². The van der Waals surface area contributed by atoms with Gasteiger partial charge >= 0.3 is 6.03 Å². The smallest absolute Gasteiger partial charge is 0.317 e. The second-order valence-electron chi connectivity index (χ2n) is 3.42. The number of piperidine rings is 1. The van der Waals surface area contributed by atoms with Crippen molar-refractivity contribution in [3.63, 3.8) is 0 Å². The van der Waals surface area contributed by atoms with E-state index in [1.165, 1.54) is 0 Å². The highest BCUT2D eigenvalue weighted by Gasteiger charge is 2.30. The molecule has 2 heterocycles. The number of nitrogens with zero attached hydrogens (tertiary/aromatic N) is 1. The van der Waals surface area contributed by atoms with Crippen LogP contribution in [-0.4, -0.2) is 42.5 Å². The number of carbonyl (C=O) groups excluding carboxylic acids is 2. The highest BCUT2D eigenvalue weighted by molar-refractivity contribution is 5.79. The van der Waals surface area contributed by atoms with E-state index in [2.05, 4.69) is 10.6 Å². The molecule has 2 fully saturated rings. The summed E-state index contributed by atoms with van der Waals surface area (Å²) >= 11 is 0. The Morgan fingerprint density at radius 2 is 2.15 bits per heavy atom. The fraction of sp³-hybridized carbons (Fsp3) is 0.750. The molecule has 3 amide bonds. The summed E-state index contributed by atoms with van der Waals surface area (Å²) in [7, 11) is 0. The topological polar surface area (TPSA) is 61.4 Å². The first-order valence-corrected chi connectivity index (χ1v) is 4.58. The maximum atomic E-state index is 11.3. The van der Waals surface area contributed by atoms with E-state index in [9.17, 15) is 9.59 Å². The number of carbonyl (C=O) groups is 2. The Balaban J connectivity index is 1.93. The van der Waals surface area contributed by atoms with E-state index < -0.39 is 0 Å². The highest BCUT2D eigenvalue weighted by atomic mass is 16.2. The van der Waals surface area contributed by atoms with Crippen molar-refractivity contribution in [2.24, 2.45) is 0 Å². The van der Waals surface area contributed by atoms with E-state index in [1.807, 2.05) is 0 Å². The van der Waals surface area contributed by atoms with Crippen LogP contribution in [0, 0.1) is 0 Å². The number of amides is 3. The lowest BCUT2D eigenvalue weighted by Gasteiger charge is -2.29. The maximum Gasteiger partial charge on any atom is 0.317 e. The molecule has 2 aliphatic heterocycles. The molecule has 0 aromatic heterocycles. The minimum absolute atomic E-state index is 0.00106. The van der Waals surface area contributed by atoms with E-state index in [-0.39, 0.29) is 18.0 Å². The van der Waals surface area contributed by atoms with Gasteiger partial charge in [0.1, 0.15) is 0 Å². The van der Waals surface area contributed by atoms with Gasteiger partial charge < -0.3 is 15.5 Å². The van der Waals surface area contributed by atoms with Crippen LogP contribution in [0.4, 0.5) is 4.79 Å². The molecule has 2 N–H and O–H groups in total. The van der Waals surface area contributed by atoms with Crippen LogP contribution in [0.3, 0.4) is 0 Å². The molecule has 72 valence electrons. The third kappa shape index (κ3) is 1.59. The van der Waals surface area contributed by atoms with E-state index in [0.717, 1.165) is 19.5 Å². The zero-order chi connectivity index (χ0) is 9.26. The van der Waals surface area contributed by atoms with Gasteiger partial charge in [-0.15, -0.1) is 0 Å². The van der Waals surface area contributed by atoms with Gasteiger partial charge in [-0.3, -0.25) is 4.79 Å². The number of nitrogens with one attached hydrogen (secondary N) is 2. The highest BCUT2D eigenvalue weighted by Crippen LogP contribution is 2.12. The molecule has 1 atom stereocenters. The van der Waals surface area contributed by atoms with E-state index in [0.29, 0.717) is 13.0 Å². The van der Waals surface area contributed by atoms with Crippen molar-refractivity contribution in [2.45, 2.75) is 18.9 Å². The van der Waals surface area contributed by atoms with E-state index >= 15 is 0 Å². The Hall–Kier alpha value is -1.26. The summed E-state index contributed by atoms with van der Waals surface area (Å²) in [5.74, 6) is 0.0934. The minimum atomic E-state index is 0.00106. The van der Waals surface area contributed by atoms with Crippen molar-refractivity contribution in [1.82, 2.24) is 15.5 Å². The summed E-state index contributed by atoms with van der Waals surface area (Å²) in [6, 6.07) is 0.196. The van der Waals surface area contributed by atoms with Crippen molar-refractivity contribution in [2.75, 3.05) is 19.6 Å². The molecule has 0 spiro atoms. The zero-order valence-electron chi connectivity index (χ0n) is 7.38. The average molecular weight is 183 g/mol. The number of hydrogen-bond donors (Lipinski definition) is 2.